The zero-order valence-electron chi connectivity index (χ0n) is 12.8. The quantitative estimate of drug-likeness (QED) is 0.554. The van der Waals surface area contributed by atoms with Gasteiger partial charge in [0.1, 0.15) is 0 Å². The lowest BCUT2D eigenvalue weighted by atomic mass is 10.3. The van der Waals surface area contributed by atoms with Gasteiger partial charge in [-0.05, 0) is 30.7 Å². The van der Waals surface area contributed by atoms with Crippen LogP contribution in [0.2, 0.25) is 5.02 Å². The van der Waals surface area contributed by atoms with Crippen molar-refractivity contribution in [1.82, 2.24) is 5.32 Å². The third kappa shape index (κ3) is 5.24. The molecule has 0 spiro atoms. The van der Waals surface area contributed by atoms with Crippen LogP contribution in [-0.4, -0.2) is 24.9 Å². The summed E-state index contributed by atoms with van der Waals surface area (Å²) >= 11 is 5.61. The number of benzene rings is 2. The van der Waals surface area contributed by atoms with Gasteiger partial charge in [-0.1, -0.05) is 35.9 Å². The molecule has 2 rings (SSSR count). The van der Waals surface area contributed by atoms with Gasteiger partial charge in [-0.2, -0.15) is 0 Å². The minimum absolute atomic E-state index is 0.125. The molecule has 0 fully saturated rings. The van der Waals surface area contributed by atoms with E-state index >= 15 is 0 Å². The summed E-state index contributed by atoms with van der Waals surface area (Å²) in [4.78, 5) is 23.4. The number of carbonyl (C=O) groups excluding carboxylic acids is 2. The third-order valence-electron chi connectivity index (χ3n) is 3.15. The molecule has 0 bridgehead atoms. The van der Waals surface area contributed by atoms with E-state index in [1.54, 1.807) is 0 Å². The van der Waals surface area contributed by atoms with E-state index in [1.165, 1.54) is 18.2 Å². The van der Waals surface area contributed by atoms with Gasteiger partial charge < -0.3 is 16.0 Å². The molecular weight excluding hydrogens is 333 g/mol. The molecule has 5 nitrogen and oxygen atoms in total. The summed E-state index contributed by atoms with van der Waals surface area (Å²) in [6.07, 6.45) is 0.638. The Morgan fingerprint density at radius 1 is 0.958 bits per heavy atom. The summed E-state index contributed by atoms with van der Waals surface area (Å²) in [6, 6.07) is 13.8. The SMILES string of the molecule is O=C(NCCCNc1ccccc1)C(=O)Nc1cccc(Cl)c1F. The van der Waals surface area contributed by atoms with Crippen molar-refractivity contribution < 1.29 is 14.0 Å². The predicted octanol–water partition coefficient (Wildman–Crippen LogP) is 3.04. The van der Waals surface area contributed by atoms with Crippen molar-refractivity contribution in [3.8, 4) is 0 Å². The Labute approximate surface area is 144 Å². The highest BCUT2D eigenvalue weighted by atomic mass is 35.5. The Morgan fingerprint density at radius 3 is 2.46 bits per heavy atom. The van der Waals surface area contributed by atoms with Crippen molar-refractivity contribution in [3.63, 3.8) is 0 Å². The second kappa shape index (κ2) is 8.88. The van der Waals surface area contributed by atoms with Gasteiger partial charge in [0.25, 0.3) is 0 Å². The number of rotatable bonds is 6. The Hall–Kier alpha value is -2.60. The summed E-state index contributed by atoms with van der Waals surface area (Å²) in [6.45, 7) is 0.971. The maximum absolute atomic E-state index is 13.7. The van der Waals surface area contributed by atoms with E-state index in [4.69, 9.17) is 11.6 Å². The molecule has 2 aromatic rings. The van der Waals surface area contributed by atoms with E-state index in [0.717, 1.165) is 5.69 Å². The maximum atomic E-state index is 13.7. The molecule has 0 unspecified atom stereocenters. The lowest BCUT2D eigenvalue weighted by molar-refractivity contribution is -0.136. The molecule has 126 valence electrons. The molecule has 7 heteroatoms. The predicted molar refractivity (Wildman–Crippen MR) is 92.6 cm³/mol. The normalized spacial score (nSPS) is 10.1. The smallest absolute Gasteiger partial charge is 0.313 e. The van der Waals surface area contributed by atoms with Crippen molar-refractivity contribution in [2.45, 2.75) is 6.42 Å². The monoisotopic (exact) mass is 349 g/mol. The van der Waals surface area contributed by atoms with E-state index in [0.29, 0.717) is 19.5 Å². The lowest BCUT2D eigenvalue weighted by Gasteiger charge is -2.09. The molecule has 0 atom stereocenters. The number of hydrogen-bond acceptors (Lipinski definition) is 3. The highest BCUT2D eigenvalue weighted by Gasteiger charge is 2.15. The Bertz CT molecular complexity index is 710. The van der Waals surface area contributed by atoms with Gasteiger partial charge in [-0.25, -0.2) is 4.39 Å². The van der Waals surface area contributed by atoms with Gasteiger partial charge >= 0.3 is 11.8 Å². The van der Waals surface area contributed by atoms with Gasteiger partial charge in [-0.3, -0.25) is 9.59 Å². The highest BCUT2D eigenvalue weighted by molar-refractivity contribution is 6.39. The van der Waals surface area contributed by atoms with E-state index in [9.17, 15) is 14.0 Å². The number of anilines is 2. The molecule has 0 aliphatic heterocycles. The first-order valence-electron chi connectivity index (χ1n) is 7.40. The number of hydrogen-bond donors (Lipinski definition) is 3. The Kier molecular flexibility index (Phi) is 6.57. The number of para-hydroxylation sites is 1. The lowest BCUT2D eigenvalue weighted by Crippen LogP contribution is -2.36. The van der Waals surface area contributed by atoms with Crippen LogP contribution in [0.1, 0.15) is 6.42 Å². The fourth-order valence-corrected chi connectivity index (χ4v) is 2.11. The van der Waals surface area contributed by atoms with Crippen LogP contribution >= 0.6 is 11.6 Å². The zero-order chi connectivity index (χ0) is 17.4. The summed E-state index contributed by atoms with van der Waals surface area (Å²) < 4.78 is 13.7. The van der Waals surface area contributed by atoms with Crippen LogP contribution in [0.15, 0.2) is 48.5 Å². The van der Waals surface area contributed by atoms with Crippen LogP contribution in [0.4, 0.5) is 15.8 Å². The molecule has 0 saturated carbocycles. The first-order chi connectivity index (χ1) is 11.6. The number of amides is 2. The van der Waals surface area contributed by atoms with Crippen LogP contribution in [-0.2, 0) is 9.59 Å². The average molecular weight is 350 g/mol. The van der Waals surface area contributed by atoms with Crippen LogP contribution in [0, 0.1) is 5.82 Å². The molecule has 24 heavy (non-hydrogen) atoms. The van der Waals surface area contributed by atoms with Crippen LogP contribution in [0.25, 0.3) is 0 Å². The van der Waals surface area contributed by atoms with Crippen molar-refractivity contribution in [2.24, 2.45) is 0 Å². The molecule has 2 amide bonds. The fraction of sp³-hybridized carbons (Fsp3) is 0.176. The van der Waals surface area contributed by atoms with E-state index in [-0.39, 0.29) is 10.7 Å². The molecule has 0 aliphatic rings. The van der Waals surface area contributed by atoms with Crippen molar-refractivity contribution in [3.05, 3.63) is 59.4 Å². The summed E-state index contributed by atoms with van der Waals surface area (Å²) in [7, 11) is 0. The largest absolute Gasteiger partial charge is 0.385 e. The third-order valence-corrected chi connectivity index (χ3v) is 3.44. The first kappa shape index (κ1) is 17.7. The van der Waals surface area contributed by atoms with Crippen molar-refractivity contribution >= 4 is 34.8 Å². The first-order valence-corrected chi connectivity index (χ1v) is 7.78. The summed E-state index contributed by atoms with van der Waals surface area (Å²) in [5.74, 6) is -2.53. The molecule has 0 radical (unpaired) electrons. The fourth-order valence-electron chi connectivity index (χ4n) is 1.94. The van der Waals surface area contributed by atoms with E-state index in [1.807, 2.05) is 30.3 Å². The summed E-state index contributed by atoms with van der Waals surface area (Å²) in [5.41, 5.74) is 0.853. The van der Waals surface area contributed by atoms with Crippen molar-refractivity contribution in [1.29, 1.82) is 0 Å². The van der Waals surface area contributed by atoms with E-state index in [2.05, 4.69) is 16.0 Å². The molecular formula is C17H17ClFN3O2. The number of halogens is 2. The van der Waals surface area contributed by atoms with Crippen LogP contribution in [0.5, 0.6) is 0 Å². The maximum Gasteiger partial charge on any atom is 0.313 e. The van der Waals surface area contributed by atoms with Gasteiger partial charge in [0.05, 0.1) is 10.7 Å². The molecule has 0 saturated heterocycles. The number of nitrogens with one attached hydrogen (secondary N) is 3. The minimum Gasteiger partial charge on any atom is -0.385 e. The minimum atomic E-state index is -0.938. The second-order valence-electron chi connectivity index (χ2n) is 4.96. The topological polar surface area (TPSA) is 70.2 Å². The van der Waals surface area contributed by atoms with Gasteiger partial charge in [0.2, 0.25) is 0 Å². The molecule has 2 aromatic carbocycles. The second-order valence-corrected chi connectivity index (χ2v) is 5.36. The average Bonchev–Trinajstić information content (AvgIpc) is 2.59. The molecule has 3 N–H and O–H groups in total. The van der Waals surface area contributed by atoms with Crippen LogP contribution in [0.3, 0.4) is 0 Å². The zero-order valence-corrected chi connectivity index (χ0v) is 13.6. The molecule has 0 aliphatic carbocycles. The van der Waals surface area contributed by atoms with Crippen molar-refractivity contribution in [2.75, 3.05) is 23.7 Å². The standard InChI is InChI=1S/C17H17ClFN3O2/c18-13-8-4-9-14(15(13)19)22-17(24)16(23)21-11-5-10-20-12-6-2-1-3-7-12/h1-4,6-9,20H,5,10-11H2,(H,21,23)(H,22,24). The van der Waals surface area contributed by atoms with Gasteiger partial charge in [0.15, 0.2) is 5.82 Å². The van der Waals surface area contributed by atoms with E-state index < -0.39 is 17.6 Å². The van der Waals surface area contributed by atoms with Gasteiger partial charge in [-0.15, -0.1) is 0 Å². The van der Waals surface area contributed by atoms with Gasteiger partial charge in [0, 0.05) is 18.8 Å². The Balaban J connectivity index is 1.70. The Morgan fingerprint density at radius 2 is 1.71 bits per heavy atom. The van der Waals surface area contributed by atoms with Crippen LogP contribution < -0.4 is 16.0 Å². The molecule has 0 heterocycles. The molecule has 0 aromatic heterocycles. The number of carbonyl (C=O) groups is 2. The highest BCUT2D eigenvalue weighted by Crippen LogP contribution is 2.21. The summed E-state index contributed by atoms with van der Waals surface area (Å²) in [5, 5.41) is 7.73.